The molecule has 0 saturated heterocycles. The Bertz CT molecular complexity index is 520. The summed E-state index contributed by atoms with van der Waals surface area (Å²) < 4.78 is 23.2. The van der Waals surface area contributed by atoms with E-state index in [1.165, 1.54) is 0 Å². The summed E-state index contributed by atoms with van der Waals surface area (Å²) in [5.74, 6) is 0.140. The molecule has 19 heavy (non-hydrogen) atoms. The van der Waals surface area contributed by atoms with E-state index in [2.05, 4.69) is 5.32 Å². The molecule has 108 valence electrons. The number of halogens is 1. The number of sulfone groups is 1. The van der Waals surface area contributed by atoms with Gasteiger partial charge >= 0.3 is 0 Å². The van der Waals surface area contributed by atoms with Crippen molar-refractivity contribution in [3.8, 4) is 0 Å². The molecule has 0 bridgehead atoms. The van der Waals surface area contributed by atoms with E-state index in [0.717, 1.165) is 5.56 Å². The highest BCUT2D eigenvalue weighted by atomic mass is 35.5. The monoisotopic (exact) mass is 303 g/mol. The maximum absolute atomic E-state index is 12.0. The summed E-state index contributed by atoms with van der Waals surface area (Å²) in [4.78, 5) is 0. The molecule has 1 aromatic carbocycles. The molecule has 1 atom stereocenters. The lowest BCUT2D eigenvalue weighted by atomic mass is 10.1. The summed E-state index contributed by atoms with van der Waals surface area (Å²) in [5, 5.41) is 3.90. The van der Waals surface area contributed by atoms with Crippen LogP contribution in [-0.2, 0) is 9.84 Å². The fourth-order valence-corrected chi connectivity index (χ4v) is 2.81. The van der Waals surface area contributed by atoms with Crippen LogP contribution in [0.15, 0.2) is 24.3 Å². The first-order valence-electron chi connectivity index (χ1n) is 6.34. The standard InChI is InChI=1S/C14H22ClNO2S/c1-11(12-6-5-7-13(15)10-12)16-8-9-19(17,18)14(2,3)4/h5-7,10-11,16H,8-9H2,1-4H3/t11-/m1/s1. The molecule has 1 N–H and O–H groups in total. The predicted octanol–water partition coefficient (Wildman–Crippen LogP) is 3.20. The second-order valence-electron chi connectivity index (χ2n) is 5.66. The number of hydrogen-bond donors (Lipinski definition) is 1. The van der Waals surface area contributed by atoms with Crippen molar-refractivity contribution in [2.75, 3.05) is 12.3 Å². The van der Waals surface area contributed by atoms with Gasteiger partial charge in [-0.05, 0) is 45.4 Å². The quantitative estimate of drug-likeness (QED) is 0.908. The minimum atomic E-state index is -3.07. The zero-order valence-electron chi connectivity index (χ0n) is 11.9. The van der Waals surface area contributed by atoms with Crippen molar-refractivity contribution < 1.29 is 8.42 Å². The van der Waals surface area contributed by atoms with Gasteiger partial charge in [-0.25, -0.2) is 8.42 Å². The van der Waals surface area contributed by atoms with Gasteiger partial charge in [0.25, 0.3) is 0 Å². The molecule has 0 saturated carbocycles. The third-order valence-corrected chi connectivity index (χ3v) is 5.95. The van der Waals surface area contributed by atoms with Gasteiger partial charge in [-0.2, -0.15) is 0 Å². The van der Waals surface area contributed by atoms with E-state index in [9.17, 15) is 8.42 Å². The van der Waals surface area contributed by atoms with Crippen LogP contribution in [-0.4, -0.2) is 25.5 Å². The molecule has 0 fully saturated rings. The van der Waals surface area contributed by atoms with Crippen LogP contribution >= 0.6 is 11.6 Å². The summed E-state index contributed by atoms with van der Waals surface area (Å²) in [6.45, 7) is 7.61. The lowest BCUT2D eigenvalue weighted by molar-refractivity contribution is 0.546. The molecular weight excluding hydrogens is 282 g/mol. The van der Waals surface area contributed by atoms with Gasteiger partial charge < -0.3 is 5.32 Å². The lowest BCUT2D eigenvalue weighted by Gasteiger charge is -2.20. The van der Waals surface area contributed by atoms with Gasteiger partial charge in [0.15, 0.2) is 9.84 Å². The van der Waals surface area contributed by atoms with Crippen LogP contribution in [0.25, 0.3) is 0 Å². The van der Waals surface area contributed by atoms with Crippen LogP contribution in [0, 0.1) is 0 Å². The molecule has 0 aliphatic heterocycles. The Hall–Kier alpha value is -0.580. The van der Waals surface area contributed by atoms with Crippen molar-refractivity contribution >= 4 is 21.4 Å². The Morgan fingerprint density at radius 2 is 1.95 bits per heavy atom. The predicted molar refractivity (Wildman–Crippen MR) is 81.4 cm³/mol. The third kappa shape index (κ3) is 4.79. The van der Waals surface area contributed by atoms with Gasteiger partial charge in [0.2, 0.25) is 0 Å². The van der Waals surface area contributed by atoms with Crippen LogP contribution < -0.4 is 5.32 Å². The third-order valence-electron chi connectivity index (χ3n) is 3.10. The van der Waals surface area contributed by atoms with E-state index in [0.29, 0.717) is 11.6 Å². The fraction of sp³-hybridized carbons (Fsp3) is 0.571. The molecule has 0 radical (unpaired) electrons. The average Bonchev–Trinajstić information content (AvgIpc) is 2.27. The number of benzene rings is 1. The average molecular weight is 304 g/mol. The normalized spacial score (nSPS) is 14.4. The second-order valence-corrected chi connectivity index (χ2v) is 8.96. The van der Waals surface area contributed by atoms with E-state index >= 15 is 0 Å². The van der Waals surface area contributed by atoms with Gasteiger partial charge in [-0.3, -0.25) is 0 Å². The molecule has 0 aromatic heterocycles. The Balaban J connectivity index is 2.55. The van der Waals surface area contributed by atoms with Gasteiger partial charge in [0.1, 0.15) is 0 Å². The molecule has 0 spiro atoms. The molecule has 1 rings (SSSR count). The van der Waals surface area contributed by atoms with Gasteiger partial charge in [-0.15, -0.1) is 0 Å². The van der Waals surface area contributed by atoms with Crippen LogP contribution in [0.5, 0.6) is 0 Å². The molecule has 0 amide bonds. The Morgan fingerprint density at radius 3 is 2.47 bits per heavy atom. The van der Waals surface area contributed by atoms with Gasteiger partial charge in [0.05, 0.1) is 10.5 Å². The molecule has 0 heterocycles. The summed E-state index contributed by atoms with van der Waals surface area (Å²) in [5.41, 5.74) is 1.06. The van der Waals surface area contributed by atoms with Crippen molar-refractivity contribution in [3.63, 3.8) is 0 Å². The minimum Gasteiger partial charge on any atom is -0.309 e. The molecule has 3 nitrogen and oxygen atoms in total. The first-order valence-corrected chi connectivity index (χ1v) is 8.37. The van der Waals surface area contributed by atoms with E-state index in [-0.39, 0.29) is 11.8 Å². The second kappa shape index (κ2) is 6.25. The van der Waals surface area contributed by atoms with Crippen LogP contribution in [0.4, 0.5) is 0 Å². The molecule has 1 aromatic rings. The van der Waals surface area contributed by atoms with Crippen molar-refractivity contribution in [2.24, 2.45) is 0 Å². The maximum Gasteiger partial charge on any atom is 0.156 e. The first kappa shape index (κ1) is 16.5. The fourth-order valence-electron chi connectivity index (χ4n) is 1.61. The van der Waals surface area contributed by atoms with E-state index in [1.807, 2.05) is 31.2 Å². The topological polar surface area (TPSA) is 46.2 Å². The smallest absolute Gasteiger partial charge is 0.156 e. The van der Waals surface area contributed by atoms with E-state index in [4.69, 9.17) is 11.6 Å². The van der Waals surface area contributed by atoms with Crippen molar-refractivity contribution in [1.29, 1.82) is 0 Å². The molecule has 5 heteroatoms. The molecule has 0 aliphatic rings. The Morgan fingerprint density at radius 1 is 1.32 bits per heavy atom. The summed E-state index contributed by atoms with van der Waals surface area (Å²) >= 11 is 5.93. The van der Waals surface area contributed by atoms with Crippen LogP contribution in [0.1, 0.15) is 39.3 Å². The molecular formula is C14H22ClNO2S. The maximum atomic E-state index is 12.0. The Labute approximate surface area is 121 Å². The highest BCUT2D eigenvalue weighted by molar-refractivity contribution is 7.92. The number of hydrogen-bond acceptors (Lipinski definition) is 3. The van der Waals surface area contributed by atoms with Crippen molar-refractivity contribution in [3.05, 3.63) is 34.9 Å². The van der Waals surface area contributed by atoms with Gasteiger partial charge in [-0.1, -0.05) is 23.7 Å². The van der Waals surface area contributed by atoms with Crippen LogP contribution in [0.3, 0.4) is 0 Å². The summed E-state index contributed by atoms with van der Waals surface area (Å²) in [7, 11) is -3.07. The molecule has 0 unspecified atom stereocenters. The summed E-state index contributed by atoms with van der Waals surface area (Å²) in [6, 6.07) is 7.65. The van der Waals surface area contributed by atoms with Crippen molar-refractivity contribution in [2.45, 2.75) is 38.5 Å². The Kier molecular flexibility index (Phi) is 5.42. The number of nitrogens with one attached hydrogen (secondary N) is 1. The molecule has 0 aliphatic carbocycles. The largest absolute Gasteiger partial charge is 0.309 e. The highest BCUT2D eigenvalue weighted by Crippen LogP contribution is 2.18. The van der Waals surface area contributed by atoms with E-state index < -0.39 is 14.6 Å². The zero-order valence-corrected chi connectivity index (χ0v) is 13.5. The number of rotatable bonds is 5. The van der Waals surface area contributed by atoms with Crippen LogP contribution in [0.2, 0.25) is 5.02 Å². The van der Waals surface area contributed by atoms with E-state index in [1.54, 1.807) is 20.8 Å². The minimum absolute atomic E-state index is 0.0777. The highest BCUT2D eigenvalue weighted by Gasteiger charge is 2.28. The first-order chi connectivity index (χ1) is 8.63. The SMILES string of the molecule is C[C@@H](NCCS(=O)(=O)C(C)(C)C)c1cccc(Cl)c1. The zero-order chi connectivity index (χ0) is 14.7. The van der Waals surface area contributed by atoms with Gasteiger partial charge in [0, 0.05) is 17.6 Å². The lowest BCUT2D eigenvalue weighted by Crippen LogP contribution is -2.35. The van der Waals surface area contributed by atoms with Crippen molar-refractivity contribution in [1.82, 2.24) is 5.32 Å². The summed E-state index contributed by atoms with van der Waals surface area (Å²) in [6.07, 6.45) is 0.